The molecule has 3 heteroatoms. The van der Waals surface area contributed by atoms with Crippen LogP contribution in [0.25, 0.3) is 0 Å². The van der Waals surface area contributed by atoms with E-state index in [-0.39, 0.29) is 6.04 Å². The van der Waals surface area contributed by atoms with Crippen molar-refractivity contribution < 1.29 is 0 Å². The number of nitrogens with zero attached hydrogens (tertiary/aromatic N) is 2. The van der Waals surface area contributed by atoms with Gasteiger partial charge in [0, 0.05) is 13.1 Å². The van der Waals surface area contributed by atoms with Crippen LogP contribution in [0.15, 0.2) is 0 Å². The van der Waals surface area contributed by atoms with Gasteiger partial charge in [0.05, 0.1) is 12.1 Å². The highest BCUT2D eigenvalue weighted by atomic mass is 15.1. The number of rotatable bonds is 4. The number of nitrogens with one attached hydrogen (secondary N) is 1. The molecule has 0 spiro atoms. The topological polar surface area (TPSA) is 39.1 Å². The summed E-state index contributed by atoms with van der Waals surface area (Å²) in [6.45, 7) is 3.75. The molecule has 1 unspecified atom stereocenters. The van der Waals surface area contributed by atoms with Gasteiger partial charge < -0.3 is 5.32 Å². The highest BCUT2D eigenvalue weighted by Crippen LogP contribution is 1.90. The van der Waals surface area contributed by atoms with Gasteiger partial charge in [0.2, 0.25) is 0 Å². The summed E-state index contributed by atoms with van der Waals surface area (Å²) in [4.78, 5) is 2.01. The molecule has 0 aromatic carbocycles. The summed E-state index contributed by atoms with van der Waals surface area (Å²) in [5.74, 6) is 0. The van der Waals surface area contributed by atoms with E-state index < -0.39 is 0 Å². The summed E-state index contributed by atoms with van der Waals surface area (Å²) in [6.07, 6.45) is 0. The molecule has 0 bridgehead atoms. The van der Waals surface area contributed by atoms with Crippen LogP contribution in [0.2, 0.25) is 0 Å². The lowest BCUT2D eigenvalue weighted by Gasteiger charge is -2.17. The van der Waals surface area contributed by atoms with E-state index in [1.165, 1.54) is 0 Å². The van der Waals surface area contributed by atoms with Crippen molar-refractivity contribution in [1.29, 1.82) is 5.26 Å². The maximum atomic E-state index is 8.49. The molecule has 0 amide bonds. The van der Waals surface area contributed by atoms with Crippen LogP contribution in [0, 0.1) is 11.3 Å². The van der Waals surface area contributed by atoms with Crippen molar-refractivity contribution in [3.05, 3.63) is 0 Å². The summed E-state index contributed by atoms with van der Waals surface area (Å²) in [6, 6.07) is 2.19. The Labute approximate surface area is 62.6 Å². The molecule has 0 heterocycles. The summed E-state index contributed by atoms with van der Waals surface area (Å²) in [7, 11) is 3.86. The van der Waals surface area contributed by atoms with Crippen molar-refractivity contribution in [1.82, 2.24) is 10.2 Å². The van der Waals surface area contributed by atoms with Crippen LogP contribution >= 0.6 is 0 Å². The maximum Gasteiger partial charge on any atom is 0.0947 e. The Bertz CT molecular complexity index is 117. The summed E-state index contributed by atoms with van der Waals surface area (Å²) in [5.41, 5.74) is 0. The zero-order valence-corrected chi connectivity index (χ0v) is 6.89. The SMILES string of the molecule is CNCCN(C)C(C)C#N. The Morgan fingerprint density at radius 1 is 1.70 bits per heavy atom. The van der Waals surface area contributed by atoms with E-state index in [2.05, 4.69) is 11.4 Å². The van der Waals surface area contributed by atoms with Crippen LogP contribution in [0.3, 0.4) is 0 Å². The van der Waals surface area contributed by atoms with Crippen molar-refractivity contribution in [2.24, 2.45) is 0 Å². The van der Waals surface area contributed by atoms with E-state index in [1.54, 1.807) is 0 Å². The van der Waals surface area contributed by atoms with Gasteiger partial charge in [0.25, 0.3) is 0 Å². The first-order chi connectivity index (χ1) is 4.72. The van der Waals surface area contributed by atoms with Gasteiger partial charge in [-0.25, -0.2) is 0 Å². The van der Waals surface area contributed by atoms with Crippen molar-refractivity contribution in [2.45, 2.75) is 13.0 Å². The molecule has 0 aliphatic heterocycles. The van der Waals surface area contributed by atoms with Gasteiger partial charge in [-0.3, -0.25) is 4.90 Å². The highest BCUT2D eigenvalue weighted by Gasteiger charge is 2.04. The second-order valence-corrected chi connectivity index (χ2v) is 2.39. The molecule has 0 rings (SSSR count). The van der Waals surface area contributed by atoms with Crippen LogP contribution in [0.5, 0.6) is 0 Å². The monoisotopic (exact) mass is 141 g/mol. The first-order valence-electron chi connectivity index (χ1n) is 3.46. The van der Waals surface area contributed by atoms with Crippen LogP contribution in [0.1, 0.15) is 6.92 Å². The van der Waals surface area contributed by atoms with Crippen molar-refractivity contribution >= 4 is 0 Å². The first-order valence-corrected chi connectivity index (χ1v) is 3.46. The minimum absolute atomic E-state index is 0.0216. The average molecular weight is 141 g/mol. The highest BCUT2D eigenvalue weighted by molar-refractivity contribution is 4.86. The Morgan fingerprint density at radius 3 is 2.70 bits per heavy atom. The number of hydrogen-bond donors (Lipinski definition) is 1. The first kappa shape index (κ1) is 9.41. The third-order valence-corrected chi connectivity index (χ3v) is 1.56. The zero-order valence-electron chi connectivity index (χ0n) is 6.89. The molecule has 0 saturated heterocycles. The number of hydrogen-bond acceptors (Lipinski definition) is 3. The standard InChI is InChI=1S/C7H15N3/c1-7(6-8)10(3)5-4-9-2/h7,9H,4-5H2,1-3H3. The van der Waals surface area contributed by atoms with Crippen LogP contribution in [-0.4, -0.2) is 38.1 Å². The predicted octanol–water partition coefficient (Wildman–Crippen LogP) is 0.0497. The molecule has 0 saturated carbocycles. The van der Waals surface area contributed by atoms with Crippen LogP contribution in [0.4, 0.5) is 0 Å². The largest absolute Gasteiger partial charge is 0.318 e. The molecule has 0 aromatic rings. The molecule has 58 valence electrons. The molecular weight excluding hydrogens is 126 g/mol. The lowest BCUT2D eigenvalue weighted by Crippen LogP contribution is -2.33. The molecule has 0 radical (unpaired) electrons. The van der Waals surface area contributed by atoms with Gasteiger partial charge in [-0.2, -0.15) is 5.26 Å². The fraction of sp³-hybridized carbons (Fsp3) is 0.857. The van der Waals surface area contributed by atoms with E-state index >= 15 is 0 Å². The summed E-state index contributed by atoms with van der Waals surface area (Å²) in [5, 5.41) is 11.5. The fourth-order valence-corrected chi connectivity index (χ4v) is 0.580. The Kier molecular flexibility index (Phi) is 4.91. The number of nitriles is 1. The summed E-state index contributed by atoms with van der Waals surface area (Å²) >= 11 is 0. The maximum absolute atomic E-state index is 8.49. The molecule has 10 heavy (non-hydrogen) atoms. The van der Waals surface area contributed by atoms with Crippen molar-refractivity contribution in [2.75, 3.05) is 27.2 Å². The molecule has 0 aliphatic rings. The van der Waals surface area contributed by atoms with Gasteiger partial charge in [-0.05, 0) is 21.0 Å². The molecule has 3 nitrogen and oxygen atoms in total. The lowest BCUT2D eigenvalue weighted by atomic mass is 10.3. The van der Waals surface area contributed by atoms with Crippen molar-refractivity contribution in [3.8, 4) is 6.07 Å². The van der Waals surface area contributed by atoms with E-state index in [0.29, 0.717) is 0 Å². The predicted molar refractivity (Wildman–Crippen MR) is 41.6 cm³/mol. The van der Waals surface area contributed by atoms with E-state index in [1.807, 2.05) is 25.9 Å². The fourth-order valence-electron chi connectivity index (χ4n) is 0.580. The quantitative estimate of drug-likeness (QED) is 0.601. The van der Waals surface area contributed by atoms with E-state index in [9.17, 15) is 0 Å². The molecule has 0 aliphatic carbocycles. The van der Waals surface area contributed by atoms with Gasteiger partial charge >= 0.3 is 0 Å². The molecule has 1 atom stereocenters. The second-order valence-electron chi connectivity index (χ2n) is 2.39. The van der Waals surface area contributed by atoms with Gasteiger partial charge in [0.15, 0.2) is 0 Å². The average Bonchev–Trinajstić information content (AvgIpc) is 1.98. The van der Waals surface area contributed by atoms with Crippen LogP contribution in [-0.2, 0) is 0 Å². The van der Waals surface area contributed by atoms with Crippen LogP contribution < -0.4 is 5.32 Å². The Morgan fingerprint density at radius 2 is 2.30 bits per heavy atom. The van der Waals surface area contributed by atoms with Gasteiger partial charge in [-0.1, -0.05) is 0 Å². The minimum Gasteiger partial charge on any atom is -0.318 e. The van der Waals surface area contributed by atoms with E-state index in [4.69, 9.17) is 5.26 Å². The summed E-state index contributed by atoms with van der Waals surface area (Å²) < 4.78 is 0. The normalized spacial score (nSPS) is 13.1. The third-order valence-electron chi connectivity index (χ3n) is 1.56. The molecular formula is C7H15N3. The second kappa shape index (κ2) is 5.21. The van der Waals surface area contributed by atoms with Crippen molar-refractivity contribution in [3.63, 3.8) is 0 Å². The lowest BCUT2D eigenvalue weighted by molar-refractivity contribution is 0.304. The number of likely N-dealkylation sites (N-methyl/N-ethyl adjacent to an activating group) is 2. The smallest absolute Gasteiger partial charge is 0.0947 e. The third kappa shape index (κ3) is 3.44. The van der Waals surface area contributed by atoms with Gasteiger partial charge in [-0.15, -0.1) is 0 Å². The minimum atomic E-state index is 0.0216. The van der Waals surface area contributed by atoms with Gasteiger partial charge in [0.1, 0.15) is 0 Å². The Balaban J connectivity index is 3.43. The molecule has 1 N–H and O–H groups in total. The van der Waals surface area contributed by atoms with E-state index in [0.717, 1.165) is 13.1 Å². The zero-order chi connectivity index (χ0) is 7.98. The molecule has 0 aromatic heterocycles. The molecule has 0 fully saturated rings. The Hall–Kier alpha value is -0.590.